The molecule has 0 aromatic heterocycles. The summed E-state index contributed by atoms with van der Waals surface area (Å²) in [6.07, 6.45) is 6.04. The number of anilines is 1. The van der Waals surface area contributed by atoms with Gasteiger partial charge in [0.25, 0.3) is 0 Å². The summed E-state index contributed by atoms with van der Waals surface area (Å²) in [6.45, 7) is 8.33. The van der Waals surface area contributed by atoms with E-state index in [4.69, 9.17) is 0 Å². The van der Waals surface area contributed by atoms with E-state index < -0.39 is 0 Å². The molecule has 0 aliphatic carbocycles. The standard InChI is InChI=1S/C31H32N2O.FH/c1-4-8-31(34)25-13-11-24(12-14-25)22(2)19-26-9-7-10-29(23(26)3)27-15-16-30(28(20-27)21-32)33-17-5-6-18-33;/h7,9-16,19-20H,4-6,8,17-18H2,1-3H3;1H/b22-19+;. The fraction of sp³-hybridized carbons (Fsp3) is 0.290. The number of nitrogens with zero attached hydrogens (tertiary/aromatic N) is 2. The van der Waals surface area contributed by atoms with Gasteiger partial charge in [-0.05, 0) is 78.6 Å². The third kappa shape index (κ3) is 5.69. The van der Waals surface area contributed by atoms with Crippen LogP contribution >= 0.6 is 0 Å². The van der Waals surface area contributed by atoms with E-state index in [1.54, 1.807) is 0 Å². The predicted octanol–water partition coefficient (Wildman–Crippen LogP) is 7.83. The molecule has 3 aromatic carbocycles. The Labute approximate surface area is 208 Å². The second-order valence-corrected chi connectivity index (χ2v) is 9.14. The van der Waals surface area contributed by atoms with Gasteiger partial charge in [0.15, 0.2) is 5.78 Å². The van der Waals surface area contributed by atoms with Crippen LogP contribution in [-0.4, -0.2) is 18.9 Å². The van der Waals surface area contributed by atoms with Crippen LogP contribution in [0, 0.1) is 18.3 Å². The first-order valence-electron chi connectivity index (χ1n) is 12.2. The van der Waals surface area contributed by atoms with E-state index in [1.807, 2.05) is 37.3 Å². The smallest absolute Gasteiger partial charge is 0.162 e. The molecule has 3 nitrogen and oxygen atoms in total. The van der Waals surface area contributed by atoms with E-state index in [0.29, 0.717) is 6.42 Å². The summed E-state index contributed by atoms with van der Waals surface area (Å²) in [5.74, 6) is 0.201. The van der Waals surface area contributed by atoms with E-state index in [9.17, 15) is 10.1 Å². The summed E-state index contributed by atoms with van der Waals surface area (Å²) in [4.78, 5) is 14.5. The lowest BCUT2D eigenvalue weighted by Gasteiger charge is -2.20. The number of hydrogen-bond acceptors (Lipinski definition) is 3. The highest BCUT2D eigenvalue weighted by Gasteiger charge is 2.17. The van der Waals surface area contributed by atoms with E-state index in [1.165, 1.54) is 18.4 Å². The number of carbonyl (C=O) groups is 1. The van der Waals surface area contributed by atoms with Crippen LogP contribution in [0.25, 0.3) is 22.8 Å². The van der Waals surface area contributed by atoms with E-state index in [-0.39, 0.29) is 10.5 Å². The van der Waals surface area contributed by atoms with Gasteiger partial charge in [0.05, 0.1) is 11.3 Å². The minimum atomic E-state index is 0. The molecule has 0 unspecified atom stereocenters. The van der Waals surface area contributed by atoms with Gasteiger partial charge >= 0.3 is 0 Å². The zero-order chi connectivity index (χ0) is 24.1. The van der Waals surface area contributed by atoms with Crippen molar-refractivity contribution in [1.82, 2.24) is 0 Å². The molecule has 1 fully saturated rings. The number of hydrogen-bond donors (Lipinski definition) is 0. The molecule has 0 saturated carbocycles. The summed E-state index contributed by atoms with van der Waals surface area (Å²) in [5, 5.41) is 9.80. The summed E-state index contributed by atoms with van der Waals surface area (Å²) < 4.78 is 0. The molecule has 0 N–H and O–H groups in total. The Balaban J connectivity index is 0.00000342. The van der Waals surface area contributed by atoms with Crippen molar-refractivity contribution in [3.05, 3.63) is 88.5 Å². The number of halogens is 1. The number of allylic oxidation sites excluding steroid dienone is 1. The highest BCUT2D eigenvalue weighted by molar-refractivity contribution is 5.96. The SMILES string of the molecule is CCCC(=O)c1ccc(/C(C)=C/c2cccc(-c3ccc(N4CCCC4)c(C#N)c3)c2C)cc1.F. The lowest BCUT2D eigenvalue weighted by Crippen LogP contribution is -2.18. The first-order valence-corrected chi connectivity index (χ1v) is 12.2. The van der Waals surface area contributed by atoms with Gasteiger partial charge in [0, 0.05) is 25.1 Å². The second-order valence-electron chi connectivity index (χ2n) is 9.14. The Morgan fingerprint density at radius 1 is 1.03 bits per heavy atom. The Morgan fingerprint density at radius 2 is 1.71 bits per heavy atom. The molecule has 0 atom stereocenters. The fourth-order valence-corrected chi connectivity index (χ4v) is 4.76. The van der Waals surface area contributed by atoms with Crippen LogP contribution in [0.15, 0.2) is 60.7 Å². The lowest BCUT2D eigenvalue weighted by atomic mass is 9.93. The third-order valence-electron chi connectivity index (χ3n) is 6.76. The lowest BCUT2D eigenvalue weighted by molar-refractivity contribution is 0.0981. The molecular weight excluding hydrogens is 435 g/mol. The van der Waals surface area contributed by atoms with Gasteiger partial charge in [-0.15, -0.1) is 0 Å². The van der Waals surface area contributed by atoms with Crippen molar-refractivity contribution < 1.29 is 9.50 Å². The third-order valence-corrected chi connectivity index (χ3v) is 6.76. The minimum Gasteiger partial charge on any atom is -0.370 e. The summed E-state index contributed by atoms with van der Waals surface area (Å²) in [7, 11) is 0. The predicted molar refractivity (Wildman–Crippen MR) is 145 cm³/mol. The van der Waals surface area contributed by atoms with Crippen molar-refractivity contribution in [2.45, 2.75) is 46.5 Å². The van der Waals surface area contributed by atoms with Gasteiger partial charge in [0.1, 0.15) is 6.07 Å². The van der Waals surface area contributed by atoms with Gasteiger partial charge in [0.2, 0.25) is 0 Å². The molecule has 0 radical (unpaired) electrons. The molecule has 1 heterocycles. The summed E-state index contributed by atoms with van der Waals surface area (Å²) in [5.41, 5.74) is 9.40. The molecular formula is C31H33FN2O. The van der Waals surface area contributed by atoms with Gasteiger partial charge in [-0.3, -0.25) is 9.50 Å². The van der Waals surface area contributed by atoms with Gasteiger partial charge in [-0.25, -0.2) is 0 Å². The number of Topliss-reactive ketones (excluding diaryl/α,β-unsaturated/α-hetero) is 1. The van der Waals surface area contributed by atoms with Crippen molar-refractivity contribution in [1.29, 1.82) is 5.26 Å². The molecule has 0 spiro atoms. The summed E-state index contributed by atoms with van der Waals surface area (Å²) >= 11 is 0. The molecule has 180 valence electrons. The molecule has 1 aliphatic heterocycles. The Bertz CT molecular complexity index is 1260. The first kappa shape index (κ1) is 25.9. The van der Waals surface area contributed by atoms with Crippen molar-refractivity contribution in [2.24, 2.45) is 0 Å². The maximum Gasteiger partial charge on any atom is 0.162 e. The maximum atomic E-state index is 12.1. The number of carbonyl (C=O) groups excluding carboxylic acids is 1. The average molecular weight is 469 g/mol. The van der Waals surface area contributed by atoms with Crippen molar-refractivity contribution in [2.75, 3.05) is 18.0 Å². The Kier molecular flexibility index (Phi) is 8.60. The van der Waals surface area contributed by atoms with Crippen LogP contribution in [0.1, 0.15) is 72.1 Å². The number of rotatable bonds is 7. The van der Waals surface area contributed by atoms with Crippen molar-refractivity contribution >= 4 is 23.1 Å². The molecule has 0 bridgehead atoms. The van der Waals surface area contributed by atoms with Gasteiger partial charge < -0.3 is 4.90 Å². The summed E-state index contributed by atoms with van der Waals surface area (Å²) in [6, 6.07) is 22.9. The van der Waals surface area contributed by atoms with E-state index in [2.05, 4.69) is 61.2 Å². The zero-order valence-electron chi connectivity index (χ0n) is 20.8. The molecule has 0 amide bonds. The molecule has 35 heavy (non-hydrogen) atoms. The second kappa shape index (κ2) is 11.6. The monoisotopic (exact) mass is 468 g/mol. The molecule has 4 heteroatoms. The maximum absolute atomic E-state index is 12.1. The fourth-order valence-electron chi connectivity index (χ4n) is 4.76. The topological polar surface area (TPSA) is 44.1 Å². The van der Waals surface area contributed by atoms with Gasteiger partial charge in [-0.1, -0.05) is 61.5 Å². The number of nitriles is 1. The van der Waals surface area contributed by atoms with Crippen molar-refractivity contribution in [3.8, 4) is 17.2 Å². The van der Waals surface area contributed by atoms with Crippen LogP contribution < -0.4 is 4.90 Å². The van der Waals surface area contributed by atoms with Crippen LogP contribution in [0.5, 0.6) is 0 Å². The van der Waals surface area contributed by atoms with E-state index in [0.717, 1.165) is 64.2 Å². The highest BCUT2D eigenvalue weighted by atomic mass is 19.0. The molecule has 1 aliphatic rings. The largest absolute Gasteiger partial charge is 0.370 e. The highest BCUT2D eigenvalue weighted by Crippen LogP contribution is 2.33. The zero-order valence-corrected chi connectivity index (χ0v) is 20.8. The van der Waals surface area contributed by atoms with Crippen LogP contribution in [0.4, 0.5) is 10.4 Å². The molecule has 3 aromatic rings. The molecule has 4 rings (SSSR count). The first-order chi connectivity index (χ1) is 16.5. The molecule has 1 saturated heterocycles. The van der Waals surface area contributed by atoms with Crippen LogP contribution in [0.2, 0.25) is 0 Å². The van der Waals surface area contributed by atoms with Gasteiger partial charge in [-0.2, -0.15) is 5.26 Å². The van der Waals surface area contributed by atoms with Crippen LogP contribution in [0.3, 0.4) is 0 Å². The Morgan fingerprint density at radius 3 is 2.37 bits per heavy atom. The Hall–Kier alpha value is -3.71. The van der Waals surface area contributed by atoms with E-state index >= 15 is 0 Å². The quantitative estimate of drug-likeness (QED) is 0.262. The number of ketones is 1. The van der Waals surface area contributed by atoms with Crippen molar-refractivity contribution in [3.63, 3.8) is 0 Å². The van der Waals surface area contributed by atoms with Crippen LogP contribution in [-0.2, 0) is 0 Å². The number of benzene rings is 3. The normalized spacial score (nSPS) is 13.3. The minimum absolute atomic E-state index is 0. The average Bonchev–Trinajstić information content (AvgIpc) is 3.40.